The van der Waals surface area contributed by atoms with Crippen LogP contribution in [-0.4, -0.2) is 27.6 Å². The summed E-state index contributed by atoms with van der Waals surface area (Å²) in [6.07, 6.45) is 2.65. The Balaban J connectivity index is 1.95. The molecule has 5 nitrogen and oxygen atoms in total. The second kappa shape index (κ2) is 3.73. The van der Waals surface area contributed by atoms with Crippen LogP contribution in [0.25, 0.3) is 0 Å². The molecule has 0 bridgehead atoms. The second-order valence-corrected chi connectivity index (χ2v) is 4.84. The molecule has 0 saturated heterocycles. The van der Waals surface area contributed by atoms with Gasteiger partial charge in [0.15, 0.2) is 5.69 Å². The minimum absolute atomic E-state index is 0.0209. The number of carboxylic acid groups (broad SMARTS) is 1. The molecule has 0 aromatic carbocycles. The Morgan fingerprint density at radius 1 is 1.69 bits per heavy atom. The summed E-state index contributed by atoms with van der Waals surface area (Å²) in [7, 11) is 0. The van der Waals surface area contributed by atoms with Crippen LogP contribution in [0.3, 0.4) is 0 Å². The zero-order valence-electron chi connectivity index (χ0n) is 9.40. The summed E-state index contributed by atoms with van der Waals surface area (Å²) in [5, 5.41) is 11.8. The Hall–Kier alpha value is -1.65. The summed E-state index contributed by atoms with van der Waals surface area (Å²) in [4.78, 5) is 18.6. The lowest BCUT2D eigenvalue weighted by atomic mass is 10.1. The molecule has 1 heterocycles. The molecule has 0 aliphatic heterocycles. The van der Waals surface area contributed by atoms with E-state index in [0.29, 0.717) is 17.3 Å². The van der Waals surface area contributed by atoms with Crippen molar-refractivity contribution in [1.29, 1.82) is 0 Å². The van der Waals surface area contributed by atoms with E-state index < -0.39 is 5.97 Å². The highest BCUT2D eigenvalue weighted by Crippen LogP contribution is 2.51. The SMILES string of the molecule is CC1(C)CC1CNc1nccc(C(=O)O)n1. The minimum Gasteiger partial charge on any atom is -0.477 e. The smallest absolute Gasteiger partial charge is 0.354 e. The number of carboxylic acids is 1. The van der Waals surface area contributed by atoms with Gasteiger partial charge in [0.25, 0.3) is 0 Å². The summed E-state index contributed by atoms with van der Waals surface area (Å²) < 4.78 is 0. The summed E-state index contributed by atoms with van der Waals surface area (Å²) >= 11 is 0. The number of nitrogens with one attached hydrogen (secondary N) is 1. The molecule has 1 aromatic rings. The van der Waals surface area contributed by atoms with Crippen molar-refractivity contribution < 1.29 is 9.90 Å². The van der Waals surface area contributed by atoms with Gasteiger partial charge in [-0.1, -0.05) is 13.8 Å². The van der Waals surface area contributed by atoms with E-state index in [2.05, 4.69) is 29.1 Å². The molecule has 0 radical (unpaired) electrons. The molecule has 1 aliphatic carbocycles. The first-order chi connectivity index (χ1) is 7.49. The van der Waals surface area contributed by atoms with E-state index in [9.17, 15) is 4.79 Å². The fourth-order valence-corrected chi connectivity index (χ4v) is 1.70. The third-order valence-corrected chi connectivity index (χ3v) is 3.10. The van der Waals surface area contributed by atoms with Gasteiger partial charge in [-0.15, -0.1) is 0 Å². The lowest BCUT2D eigenvalue weighted by Gasteiger charge is -2.06. The van der Waals surface area contributed by atoms with Gasteiger partial charge in [0.2, 0.25) is 5.95 Å². The molecule has 2 N–H and O–H groups in total. The summed E-state index contributed by atoms with van der Waals surface area (Å²) in [6.45, 7) is 5.23. The van der Waals surface area contributed by atoms with Crippen LogP contribution in [-0.2, 0) is 0 Å². The van der Waals surface area contributed by atoms with Gasteiger partial charge >= 0.3 is 5.97 Å². The number of carbonyl (C=O) groups is 1. The Bertz CT molecular complexity index is 417. The molecule has 0 spiro atoms. The van der Waals surface area contributed by atoms with Crippen LogP contribution in [0.15, 0.2) is 12.3 Å². The highest BCUT2D eigenvalue weighted by molar-refractivity contribution is 5.85. The van der Waals surface area contributed by atoms with Crippen molar-refractivity contribution >= 4 is 11.9 Å². The molecule has 2 rings (SSSR count). The van der Waals surface area contributed by atoms with Crippen molar-refractivity contribution in [3.63, 3.8) is 0 Å². The van der Waals surface area contributed by atoms with E-state index in [-0.39, 0.29) is 5.69 Å². The third kappa shape index (κ3) is 2.29. The largest absolute Gasteiger partial charge is 0.477 e. The summed E-state index contributed by atoms with van der Waals surface area (Å²) in [6, 6.07) is 1.38. The molecule has 1 atom stereocenters. The van der Waals surface area contributed by atoms with Gasteiger partial charge in [-0.2, -0.15) is 0 Å². The number of hydrogen-bond donors (Lipinski definition) is 2. The van der Waals surface area contributed by atoms with Crippen LogP contribution >= 0.6 is 0 Å². The Morgan fingerprint density at radius 3 is 2.94 bits per heavy atom. The molecule has 1 fully saturated rings. The average Bonchev–Trinajstić information content (AvgIpc) is 2.84. The van der Waals surface area contributed by atoms with Crippen LogP contribution in [0.5, 0.6) is 0 Å². The normalized spacial score (nSPS) is 21.5. The average molecular weight is 221 g/mol. The first-order valence-electron chi connectivity index (χ1n) is 5.29. The second-order valence-electron chi connectivity index (χ2n) is 4.84. The van der Waals surface area contributed by atoms with Crippen LogP contribution in [0, 0.1) is 11.3 Å². The van der Waals surface area contributed by atoms with Crippen molar-refractivity contribution in [3.05, 3.63) is 18.0 Å². The van der Waals surface area contributed by atoms with E-state index in [1.165, 1.54) is 18.7 Å². The van der Waals surface area contributed by atoms with E-state index in [4.69, 9.17) is 5.11 Å². The highest BCUT2D eigenvalue weighted by atomic mass is 16.4. The molecule has 1 aliphatic rings. The lowest BCUT2D eigenvalue weighted by molar-refractivity contribution is 0.0690. The van der Waals surface area contributed by atoms with Gasteiger partial charge in [-0.25, -0.2) is 14.8 Å². The van der Waals surface area contributed by atoms with Crippen molar-refractivity contribution in [2.45, 2.75) is 20.3 Å². The van der Waals surface area contributed by atoms with E-state index in [1.54, 1.807) is 0 Å². The number of hydrogen-bond acceptors (Lipinski definition) is 4. The quantitative estimate of drug-likeness (QED) is 0.808. The van der Waals surface area contributed by atoms with Crippen LogP contribution in [0.2, 0.25) is 0 Å². The standard InChI is InChI=1S/C11H15N3O2/c1-11(2)5-7(11)6-13-10-12-4-3-8(14-10)9(15)16/h3-4,7H,5-6H2,1-2H3,(H,15,16)(H,12,13,14). The summed E-state index contributed by atoms with van der Waals surface area (Å²) in [5.41, 5.74) is 0.421. The number of aromatic carboxylic acids is 1. The maximum absolute atomic E-state index is 10.7. The van der Waals surface area contributed by atoms with Crippen LogP contribution in [0.1, 0.15) is 30.8 Å². The fraction of sp³-hybridized carbons (Fsp3) is 0.545. The van der Waals surface area contributed by atoms with E-state index in [1.807, 2.05) is 0 Å². The molecule has 1 aromatic heterocycles. The van der Waals surface area contributed by atoms with Gasteiger partial charge in [-0.05, 0) is 23.8 Å². The lowest BCUT2D eigenvalue weighted by Crippen LogP contribution is -2.11. The monoisotopic (exact) mass is 221 g/mol. The fourth-order valence-electron chi connectivity index (χ4n) is 1.70. The first kappa shape index (κ1) is 10.9. The van der Waals surface area contributed by atoms with Gasteiger partial charge in [-0.3, -0.25) is 0 Å². The Kier molecular flexibility index (Phi) is 2.53. The zero-order valence-corrected chi connectivity index (χ0v) is 9.40. The minimum atomic E-state index is -1.03. The molecule has 0 amide bonds. The molecule has 16 heavy (non-hydrogen) atoms. The van der Waals surface area contributed by atoms with Gasteiger partial charge in [0.05, 0.1) is 0 Å². The number of aromatic nitrogens is 2. The Morgan fingerprint density at radius 2 is 2.38 bits per heavy atom. The maximum atomic E-state index is 10.7. The van der Waals surface area contributed by atoms with E-state index in [0.717, 1.165) is 6.54 Å². The van der Waals surface area contributed by atoms with Crippen molar-refractivity contribution in [3.8, 4) is 0 Å². The Labute approximate surface area is 93.9 Å². The zero-order chi connectivity index (χ0) is 11.8. The summed E-state index contributed by atoms with van der Waals surface area (Å²) in [5.74, 6) is -0.00983. The molecular weight excluding hydrogens is 206 g/mol. The number of anilines is 1. The number of nitrogens with zero attached hydrogens (tertiary/aromatic N) is 2. The highest BCUT2D eigenvalue weighted by Gasteiger charge is 2.45. The van der Waals surface area contributed by atoms with Crippen molar-refractivity contribution in [2.24, 2.45) is 11.3 Å². The number of rotatable bonds is 4. The van der Waals surface area contributed by atoms with Crippen molar-refractivity contribution in [2.75, 3.05) is 11.9 Å². The molecule has 5 heteroatoms. The van der Waals surface area contributed by atoms with Gasteiger partial charge < -0.3 is 10.4 Å². The first-order valence-corrected chi connectivity index (χ1v) is 5.29. The molecule has 1 unspecified atom stereocenters. The topological polar surface area (TPSA) is 75.1 Å². The molecular formula is C11H15N3O2. The third-order valence-electron chi connectivity index (χ3n) is 3.10. The predicted octanol–water partition coefficient (Wildman–Crippen LogP) is 1.63. The molecule has 1 saturated carbocycles. The van der Waals surface area contributed by atoms with Crippen LogP contribution in [0.4, 0.5) is 5.95 Å². The van der Waals surface area contributed by atoms with Crippen molar-refractivity contribution in [1.82, 2.24) is 9.97 Å². The predicted molar refractivity (Wildman–Crippen MR) is 59.4 cm³/mol. The van der Waals surface area contributed by atoms with Crippen LogP contribution < -0.4 is 5.32 Å². The van der Waals surface area contributed by atoms with Gasteiger partial charge in [0.1, 0.15) is 0 Å². The molecule has 86 valence electrons. The van der Waals surface area contributed by atoms with Gasteiger partial charge in [0, 0.05) is 12.7 Å². The van der Waals surface area contributed by atoms with E-state index >= 15 is 0 Å². The maximum Gasteiger partial charge on any atom is 0.354 e.